The van der Waals surface area contributed by atoms with Gasteiger partial charge in [-0.2, -0.15) is 0 Å². The quantitative estimate of drug-likeness (QED) is 0.768. The zero-order valence-corrected chi connectivity index (χ0v) is 9.17. The zero-order valence-electron chi connectivity index (χ0n) is 8.36. The normalized spacial score (nSPS) is 25.8. The maximum Gasteiger partial charge on any atom is 0.00719 e. The van der Waals surface area contributed by atoms with Gasteiger partial charge in [-0.05, 0) is 43.1 Å². The molecule has 0 saturated heterocycles. The highest BCUT2D eigenvalue weighted by Crippen LogP contribution is 2.31. The summed E-state index contributed by atoms with van der Waals surface area (Å²) < 4.78 is 0. The molecule has 0 radical (unpaired) electrons. The van der Waals surface area contributed by atoms with Crippen LogP contribution < -0.4 is 5.73 Å². The van der Waals surface area contributed by atoms with E-state index in [2.05, 4.69) is 30.3 Å². The minimum absolute atomic E-state index is 0.492. The van der Waals surface area contributed by atoms with Crippen molar-refractivity contribution in [1.29, 1.82) is 0 Å². The van der Waals surface area contributed by atoms with Crippen LogP contribution in [0.4, 0.5) is 0 Å². The predicted octanol–water partition coefficient (Wildman–Crippen LogP) is 2.91. The number of hydrogen-bond acceptors (Lipinski definition) is 2. The first-order valence-electron chi connectivity index (χ1n) is 5.29. The largest absolute Gasteiger partial charge is 0.327 e. The van der Waals surface area contributed by atoms with Crippen molar-refractivity contribution in [2.45, 2.75) is 30.2 Å². The highest BCUT2D eigenvalue weighted by molar-refractivity contribution is 7.99. The van der Waals surface area contributed by atoms with Crippen LogP contribution in [0.1, 0.15) is 19.3 Å². The molecule has 0 bridgehead atoms. The molecule has 0 spiro atoms. The maximum absolute atomic E-state index is 5.89. The number of thioether (sulfide) groups is 1. The molecule has 0 aromatic heterocycles. The first-order valence-corrected chi connectivity index (χ1v) is 6.28. The van der Waals surface area contributed by atoms with Gasteiger partial charge in [0.2, 0.25) is 0 Å². The van der Waals surface area contributed by atoms with Crippen LogP contribution >= 0.6 is 11.8 Å². The summed E-state index contributed by atoms with van der Waals surface area (Å²) in [5.74, 6) is 2.01. The van der Waals surface area contributed by atoms with Gasteiger partial charge in [-0.25, -0.2) is 0 Å². The van der Waals surface area contributed by atoms with Crippen molar-refractivity contribution < 1.29 is 0 Å². The van der Waals surface area contributed by atoms with E-state index in [0.717, 1.165) is 5.92 Å². The Morgan fingerprint density at radius 1 is 1.21 bits per heavy atom. The van der Waals surface area contributed by atoms with Gasteiger partial charge in [0, 0.05) is 10.9 Å². The maximum atomic E-state index is 5.89. The number of hydrogen-bond donors (Lipinski definition) is 1. The lowest BCUT2D eigenvalue weighted by Crippen LogP contribution is -2.39. The standard InChI is InChI=1S/C12H17NS/c13-12-7-6-10(12)8-9-14-11-4-2-1-3-5-11/h1-5,10,12H,6-9,13H2. The average molecular weight is 207 g/mol. The predicted molar refractivity (Wildman–Crippen MR) is 62.5 cm³/mol. The van der Waals surface area contributed by atoms with E-state index in [9.17, 15) is 0 Å². The summed E-state index contributed by atoms with van der Waals surface area (Å²) in [7, 11) is 0. The van der Waals surface area contributed by atoms with Crippen molar-refractivity contribution in [2.75, 3.05) is 5.75 Å². The van der Waals surface area contributed by atoms with Gasteiger partial charge in [0.15, 0.2) is 0 Å². The minimum atomic E-state index is 0.492. The van der Waals surface area contributed by atoms with E-state index in [1.165, 1.54) is 29.9 Å². The molecule has 2 N–H and O–H groups in total. The Hall–Kier alpha value is -0.470. The monoisotopic (exact) mass is 207 g/mol. The zero-order chi connectivity index (χ0) is 9.80. The summed E-state index contributed by atoms with van der Waals surface area (Å²) in [6.07, 6.45) is 3.86. The number of rotatable bonds is 4. The first kappa shape index (κ1) is 10.1. The molecule has 1 aromatic rings. The summed E-state index contributed by atoms with van der Waals surface area (Å²) in [5.41, 5.74) is 5.89. The van der Waals surface area contributed by atoms with Gasteiger partial charge >= 0.3 is 0 Å². The first-order chi connectivity index (χ1) is 6.86. The molecule has 2 heteroatoms. The van der Waals surface area contributed by atoms with Crippen LogP contribution in [-0.4, -0.2) is 11.8 Å². The third-order valence-electron chi connectivity index (χ3n) is 2.98. The van der Waals surface area contributed by atoms with Crippen molar-refractivity contribution >= 4 is 11.8 Å². The molecule has 2 unspecified atom stereocenters. The van der Waals surface area contributed by atoms with Crippen molar-refractivity contribution in [1.82, 2.24) is 0 Å². The van der Waals surface area contributed by atoms with E-state index in [4.69, 9.17) is 5.73 Å². The Balaban J connectivity index is 1.68. The number of nitrogens with two attached hydrogens (primary N) is 1. The average Bonchev–Trinajstić information content (AvgIpc) is 2.24. The molecule has 2 atom stereocenters. The Morgan fingerprint density at radius 3 is 2.57 bits per heavy atom. The Morgan fingerprint density at radius 2 is 2.00 bits per heavy atom. The molecule has 14 heavy (non-hydrogen) atoms. The Kier molecular flexibility index (Phi) is 3.49. The van der Waals surface area contributed by atoms with Gasteiger partial charge in [0.05, 0.1) is 0 Å². The summed E-state index contributed by atoms with van der Waals surface area (Å²) in [6.45, 7) is 0. The molecule has 1 nitrogen and oxygen atoms in total. The minimum Gasteiger partial charge on any atom is -0.327 e. The van der Waals surface area contributed by atoms with Crippen LogP contribution in [0.2, 0.25) is 0 Å². The van der Waals surface area contributed by atoms with E-state index in [1.807, 2.05) is 11.8 Å². The second-order valence-electron chi connectivity index (χ2n) is 3.95. The lowest BCUT2D eigenvalue weighted by Gasteiger charge is -2.33. The molecule has 1 aliphatic rings. The highest BCUT2D eigenvalue weighted by Gasteiger charge is 2.26. The third-order valence-corrected chi connectivity index (χ3v) is 4.02. The van der Waals surface area contributed by atoms with Gasteiger partial charge in [-0.1, -0.05) is 18.2 Å². The summed E-state index contributed by atoms with van der Waals surface area (Å²) in [4.78, 5) is 1.38. The van der Waals surface area contributed by atoms with Crippen LogP contribution in [0.15, 0.2) is 35.2 Å². The molecule has 1 aliphatic carbocycles. The molecule has 2 rings (SSSR count). The highest BCUT2D eigenvalue weighted by atomic mass is 32.2. The topological polar surface area (TPSA) is 26.0 Å². The van der Waals surface area contributed by atoms with E-state index >= 15 is 0 Å². The Bertz CT molecular complexity index is 273. The second kappa shape index (κ2) is 4.85. The van der Waals surface area contributed by atoms with Gasteiger partial charge in [0.1, 0.15) is 0 Å². The lowest BCUT2D eigenvalue weighted by molar-refractivity contribution is 0.251. The molecule has 1 saturated carbocycles. The molecular formula is C12H17NS. The van der Waals surface area contributed by atoms with Crippen LogP contribution in [0.25, 0.3) is 0 Å². The van der Waals surface area contributed by atoms with Crippen LogP contribution in [0, 0.1) is 5.92 Å². The fourth-order valence-corrected chi connectivity index (χ4v) is 2.80. The van der Waals surface area contributed by atoms with Crippen LogP contribution in [0.3, 0.4) is 0 Å². The van der Waals surface area contributed by atoms with Crippen molar-refractivity contribution in [3.05, 3.63) is 30.3 Å². The number of benzene rings is 1. The van der Waals surface area contributed by atoms with Gasteiger partial charge in [-0.3, -0.25) is 0 Å². The molecule has 0 heterocycles. The summed E-state index contributed by atoms with van der Waals surface area (Å²) in [5, 5.41) is 0. The molecular weight excluding hydrogens is 190 g/mol. The SMILES string of the molecule is NC1CCC1CCSc1ccccc1. The van der Waals surface area contributed by atoms with E-state index in [0.29, 0.717) is 6.04 Å². The fourth-order valence-electron chi connectivity index (χ4n) is 1.80. The van der Waals surface area contributed by atoms with Crippen LogP contribution in [-0.2, 0) is 0 Å². The summed E-state index contributed by atoms with van der Waals surface area (Å²) >= 11 is 1.94. The van der Waals surface area contributed by atoms with Crippen molar-refractivity contribution in [3.8, 4) is 0 Å². The fraction of sp³-hybridized carbons (Fsp3) is 0.500. The van der Waals surface area contributed by atoms with Crippen molar-refractivity contribution in [3.63, 3.8) is 0 Å². The van der Waals surface area contributed by atoms with Gasteiger partial charge in [0.25, 0.3) is 0 Å². The molecule has 0 aliphatic heterocycles. The van der Waals surface area contributed by atoms with E-state index in [-0.39, 0.29) is 0 Å². The second-order valence-corrected chi connectivity index (χ2v) is 5.12. The third kappa shape index (κ3) is 2.52. The Labute approximate surface area is 90.1 Å². The molecule has 1 aromatic carbocycles. The van der Waals surface area contributed by atoms with E-state index < -0.39 is 0 Å². The van der Waals surface area contributed by atoms with Gasteiger partial charge < -0.3 is 5.73 Å². The van der Waals surface area contributed by atoms with Gasteiger partial charge in [-0.15, -0.1) is 11.8 Å². The van der Waals surface area contributed by atoms with Crippen molar-refractivity contribution in [2.24, 2.45) is 11.7 Å². The molecule has 76 valence electrons. The summed E-state index contributed by atoms with van der Waals surface area (Å²) in [6, 6.07) is 11.1. The lowest BCUT2D eigenvalue weighted by atomic mass is 9.79. The molecule has 0 amide bonds. The molecule has 1 fully saturated rings. The smallest absolute Gasteiger partial charge is 0.00719 e. The van der Waals surface area contributed by atoms with E-state index in [1.54, 1.807) is 0 Å². The van der Waals surface area contributed by atoms with Crippen LogP contribution in [0.5, 0.6) is 0 Å².